The van der Waals surface area contributed by atoms with Gasteiger partial charge in [-0.3, -0.25) is 0 Å². The number of hydrogen-bond donors (Lipinski definition) is 0. The van der Waals surface area contributed by atoms with Gasteiger partial charge in [0.1, 0.15) is 0 Å². The number of fused-ring (bicyclic) bond motifs is 1. The van der Waals surface area contributed by atoms with E-state index in [0.29, 0.717) is 6.54 Å². The van der Waals surface area contributed by atoms with Crippen LogP contribution in [0.4, 0.5) is 10.1 Å². The molecular weight excluding hydrogens is 276 g/mol. The molecule has 1 heterocycles. The fourth-order valence-corrected chi connectivity index (χ4v) is 4.11. The molecular formula is C14H19AsFN. The standard InChI is InChI=1S/C14H19AsFN/c15-13-7-6-12-11(13)4-1-5-14(12)17-8-2-3-10(16)9-17/h1,4-5,10,13H,2-3,6-9,15H2. The third-order valence-corrected chi connectivity index (χ3v) is 5.45. The van der Waals surface area contributed by atoms with Crippen LogP contribution in [0.15, 0.2) is 18.2 Å². The number of rotatable bonds is 1. The molecule has 92 valence electrons. The van der Waals surface area contributed by atoms with Gasteiger partial charge in [-0.2, -0.15) is 0 Å². The van der Waals surface area contributed by atoms with Crippen LogP contribution in [0.25, 0.3) is 0 Å². The summed E-state index contributed by atoms with van der Waals surface area (Å²) in [5.41, 5.74) is 4.32. The van der Waals surface area contributed by atoms with Crippen molar-refractivity contribution < 1.29 is 4.39 Å². The van der Waals surface area contributed by atoms with Gasteiger partial charge in [0.25, 0.3) is 0 Å². The van der Waals surface area contributed by atoms with Crippen LogP contribution < -0.4 is 4.90 Å². The summed E-state index contributed by atoms with van der Waals surface area (Å²) in [5, 5.41) is 0. The van der Waals surface area contributed by atoms with Crippen LogP contribution in [0.2, 0.25) is 0 Å². The van der Waals surface area contributed by atoms with Crippen LogP contribution in [0, 0.1) is 0 Å². The number of nitrogens with zero attached hydrogens (tertiary/aromatic N) is 1. The second-order valence-electron chi connectivity index (χ2n) is 5.18. The molecule has 0 bridgehead atoms. The monoisotopic (exact) mass is 295 g/mol. The Morgan fingerprint density at radius 1 is 1.29 bits per heavy atom. The average Bonchev–Trinajstić information content (AvgIpc) is 2.71. The molecule has 0 radical (unpaired) electrons. The van der Waals surface area contributed by atoms with Gasteiger partial charge in [0.15, 0.2) is 0 Å². The number of halogens is 1. The van der Waals surface area contributed by atoms with Gasteiger partial charge in [-0.05, 0) is 0 Å². The molecule has 3 rings (SSSR count). The second-order valence-corrected chi connectivity index (χ2v) is 6.86. The SMILES string of the molecule is FC1CCCN(c2cccc3c2CCC3[AsH2])C1. The second kappa shape index (κ2) is 4.65. The Hall–Kier alpha value is -0.492. The molecule has 3 unspecified atom stereocenters. The summed E-state index contributed by atoms with van der Waals surface area (Å²) in [6.07, 6.45) is 3.55. The van der Waals surface area contributed by atoms with Gasteiger partial charge in [0.05, 0.1) is 0 Å². The molecule has 0 aromatic heterocycles. The zero-order valence-corrected chi connectivity index (χ0v) is 12.5. The number of benzene rings is 1. The van der Waals surface area contributed by atoms with Crippen molar-refractivity contribution in [3.63, 3.8) is 0 Å². The van der Waals surface area contributed by atoms with Gasteiger partial charge in [-0.1, -0.05) is 0 Å². The van der Waals surface area contributed by atoms with Crippen LogP contribution in [0.3, 0.4) is 0 Å². The summed E-state index contributed by atoms with van der Waals surface area (Å²) in [6.45, 7) is 1.62. The first-order chi connectivity index (χ1) is 8.25. The maximum absolute atomic E-state index is 13.5. The summed E-state index contributed by atoms with van der Waals surface area (Å²) < 4.78 is 14.2. The van der Waals surface area contributed by atoms with Crippen LogP contribution in [0.1, 0.15) is 35.1 Å². The number of anilines is 1. The van der Waals surface area contributed by atoms with Gasteiger partial charge in [-0.25, -0.2) is 0 Å². The molecule has 1 nitrogen and oxygen atoms in total. The maximum atomic E-state index is 13.5. The Morgan fingerprint density at radius 3 is 3.00 bits per heavy atom. The van der Waals surface area contributed by atoms with E-state index in [1.165, 1.54) is 29.7 Å². The van der Waals surface area contributed by atoms with Crippen molar-refractivity contribution in [2.24, 2.45) is 0 Å². The Balaban J connectivity index is 1.93. The van der Waals surface area contributed by atoms with Crippen molar-refractivity contribution in [2.45, 2.75) is 36.6 Å². The van der Waals surface area contributed by atoms with Gasteiger partial charge < -0.3 is 0 Å². The summed E-state index contributed by atoms with van der Waals surface area (Å²) in [5.74, 6) is 0. The molecule has 0 spiro atoms. The Morgan fingerprint density at radius 2 is 2.18 bits per heavy atom. The first-order valence-electron chi connectivity index (χ1n) is 6.52. The average molecular weight is 295 g/mol. The Kier molecular flexibility index (Phi) is 3.17. The molecule has 3 atom stereocenters. The van der Waals surface area contributed by atoms with Gasteiger partial charge in [-0.15, -0.1) is 0 Å². The predicted molar refractivity (Wildman–Crippen MR) is 72.4 cm³/mol. The Bertz CT molecular complexity index is 421. The van der Waals surface area contributed by atoms with E-state index in [4.69, 9.17) is 0 Å². The third kappa shape index (κ3) is 2.12. The van der Waals surface area contributed by atoms with E-state index in [-0.39, 0.29) is 0 Å². The number of piperidine rings is 1. The normalized spacial score (nSPS) is 28.2. The van der Waals surface area contributed by atoms with Gasteiger partial charge in [0, 0.05) is 0 Å². The van der Waals surface area contributed by atoms with E-state index in [1.54, 1.807) is 0 Å². The van der Waals surface area contributed by atoms with Crippen molar-refractivity contribution in [1.82, 2.24) is 0 Å². The van der Waals surface area contributed by atoms with Crippen LogP contribution in [-0.2, 0) is 6.42 Å². The summed E-state index contributed by atoms with van der Waals surface area (Å²) >= 11 is 1.82. The van der Waals surface area contributed by atoms with E-state index in [1.807, 2.05) is 16.9 Å². The molecule has 1 aromatic rings. The van der Waals surface area contributed by atoms with Crippen LogP contribution >= 0.6 is 0 Å². The van der Waals surface area contributed by atoms with Crippen LogP contribution in [-0.4, -0.2) is 36.1 Å². The fraction of sp³-hybridized carbons (Fsp3) is 0.571. The minimum absolute atomic E-state index is 0.593. The van der Waals surface area contributed by atoms with Gasteiger partial charge >= 0.3 is 111 Å². The molecule has 17 heavy (non-hydrogen) atoms. The van der Waals surface area contributed by atoms with Crippen molar-refractivity contribution in [1.29, 1.82) is 0 Å². The van der Waals surface area contributed by atoms with E-state index >= 15 is 0 Å². The molecule has 1 saturated heterocycles. The van der Waals surface area contributed by atoms with Crippen molar-refractivity contribution in [3.8, 4) is 0 Å². The predicted octanol–water partition coefficient (Wildman–Crippen LogP) is 2.25. The van der Waals surface area contributed by atoms with Crippen molar-refractivity contribution >= 4 is 22.5 Å². The zero-order chi connectivity index (χ0) is 11.8. The third-order valence-electron chi connectivity index (χ3n) is 4.00. The van der Waals surface area contributed by atoms with Gasteiger partial charge in [0.2, 0.25) is 0 Å². The molecule has 3 heteroatoms. The minimum atomic E-state index is -0.636. The number of hydrogen-bond acceptors (Lipinski definition) is 1. The molecule has 1 aliphatic carbocycles. The topological polar surface area (TPSA) is 3.24 Å². The first kappa shape index (κ1) is 11.6. The Labute approximate surface area is 111 Å². The summed E-state index contributed by atoms with van der Waals surface area (Å²) in [6, 6.07) is 6.59. The summed E-state index contributed by atoms with van der Waals surface area (Å²) in [4.78, 5) is 2.26. The van der Waals surface area contributed by atoms with E-state index in [0.717, 1.165) is 24.1 Å². The van der Waals surface area contributed by atoms with E-state index in [9.17, 15) is 4.39 Å². The molecule has 1 fully saturated rings. The molecule has 0 N–H and O–H groups in total. The fourth-order valence-electron chi connectivity index (χ4n) is 3.11. The molecule has 1 aliphatic heterocycles. The van der Waals surface area contributed by atoms with Crippen molar-refractivity contribution in [2.75, 3.05) is 18.0 Å². The van der Waals surface area contributed by atoms with E-state index < -0.39 is 6.17 Å². The molecule has 1 aromatic carbocycles. The molecule has 0 saturated carbocycles. The summed E-state index contributed by atoms with van der Waals surface area (Å²) in [7, 11) is 0. The van der Waals surface area contributed by atoms with Crippen molar-refractivity contribution in [3.05, 3.63) is 29.3 Å². The molecule has 2 aliphatic rings. The van der Waals surface area contributed by atoms with E-state index in [2.05, 4.69) is 23.1 Å². The number of alkyl halides is 1. The zero-order valence-electron chi connectivity index (χ0n) is 10.0. The first-order valence-corrected chi connectivity index (χ1v) is 7.92. The van der Waals surface area contributed by atoms with Crippen LogP contribution in [0.5, 0.6) is 0 Å². The quantitative estimate of drug-likeness (QED) is 0.718. The molecule has 0 amide bonds.